The van der Waals surface area contributed by atoms with E-state index in [0.717, 1.165) is 26.2 Å². The molecule has 0 saturated carbocycles. The van der Waals surface area contributed by atoms with Gasteiger partial charge >= 0.3 is 0 Å². The van der Waals surface area contributed by atoms with Gasteiger partial charge in [0.1, 0.15) is 0 Å². The Labute approximate surface area is 99.8 Å². The zero-order valence-corrected chi connectivity index (χ0v) is 11.4. The van der Waals surface area contributed by atoms with E-state index in [1.807, 2.05) is 11.8 Å². The van der Waals surface area contributed by atoms with Crippen LogP contribution in [-0.4, -0.2) is 50.3 Å². The van der Waals surface area contributed by atoms with E-state index in [0.29, 0.717) is 0 Å². The third-order valence-corrected chi connectivity index (χ3v) is 2.99. The molecule has 2 nitrogen and oxygen atoms in total. The average Bonchev–Trinajstić information content (AvgIpc) is 2.25. The number of thioether (sulfide) groups is 1. The maximum atomic E-state index is 5.56. The van der Waals surface area contributed by atoms with Gasteiger partial charge in [-0.1, -0.05) is 19.8 Å². The molecule has 0 fully saturated rings. The van der Waals surface area contributed by atoms with Crippen LogP contribution in [-0.2, 0) is 4.74 Å². The summed E-state index contributed by atoms with van der Waals surface area (Å²) in [6.45, 7) is 6.45. The Hall–Kier alpha value is 0.270. The lowest BCUT2D eigenvalue weighted by Crippen LogP contribution is -2.23. The minimum absolute atomic E-state index is 0.924. The molecule has 0 rings (SSSR count). The second kappa shape index (κ2) is 12.3. The van der Waals surface area contributed by atoms with Gasteiger partial charge in [-0.2, -0.15) is 11.8 Å². The van der Waals surface area contributed by atoms with Crippen molar-refractivity contribution in [3.8, 4) is 0 Å². The molecule has 0 radical (unpaired) electrons. The van der Waals surface area contributed by atoms with Gasteiger partial charge in [0.2, 0.25) is 0 Å². The van der Waals surface area contributed by atoms with E-state index in [2.05, 4.69) is 25.1 Å². The standard InChI is InChI=1S/C12H27NOS/c1-4-5-6-10-14-11-7-8-13(2)9-12-15-3/h4-12H2,1-3H3. The molecule has 0 aromatic rings. The summed E-state index contributed by atoms with van der Waals surface area (Å²) in [5.74, 6) is 1.23. The van der Waals surface area contributed by atoms with Crippen LogP contribution in [0.5, 0.6) is 0 Å². The first-order chi connectivity index (χ1) is 7.31. The number of unbranched alkanes of at least 4 members (excludes halogenated alkanes) is 2. The van der Waals surface area contributed by atoms with Crippen LogP contribution < -0.4 is 0 Å². The van der Waals surface area contributed by atoms with Crippen molar-refractivity contribution >= 4 is 11.8 Å². The largest absolute Gasteiger partial charge is 0.381 e. The van der Waals surface area contributed by atoms with Crippen molar-refractivity contribution in [1.82, 2.24) is 4.90 Å². The second-order valence-corrected chi connectivity index (χ2v) is 4.95. The summed E-state index contributed by atoms with van der Waals surface area (Å²) in [5, 5.41) is 0. The fourth-order valence-electron chi connectivity index (χ4n) is 1.35. The van der Waals surface area contributed by atoms with E-state index in [1.54, 1.807) is 0 Å². The molecule has 0 aromatic carbocycles. The Bertz CT molecular complexity index is 122. The summed E-state index contributed by atoms with van der Waals surface area (Å²) in [6.07, 6.45) is 7.12. The molecule has 0 aliphatic rings. The molecule has 0 aromatic heterocycles. The molecule has 0 unspecified atom stereocenters. The van der Waals surface area contributed by atoms with Crippen molar-refractivity contribution in [2.24, 2.45) is 0 Å². The molecule has 0 aliphatic heterocycles. The van der Waals surface area contributed by atoms with Crippen molar-refractivity contribution < 1.29 is 4.74 Å². The van der Waals surface area contributed by atoms with E-state index in [9.17, 15) is 0 Å². The van der Waals surface area contributed by atoms with Crippen LogP contribution in [0.2, 0.25) is 0 Å². The Morgan fingerprint density at radius 1 is 1.07 bits per heavy atom. The molecular formula is C12H27NOS. The minimum atomic E-state index is 0.924. The predicted octanol–water partition coefficient (Wildman–Crippen LogP) is 2.88. The highest BCUT2D eigenvalue weighted by molar-refractivity contribution is 7.98. The lowest BCUT2D eigenvalue weighted by molar-refractivity contribution is 0.121. The first-order valence-electron chi connectivity index (χ1n) is 6.06. The maximum absolute atomic E-state index is 5.56. The molecule has 0 amide bonds. The third kappa shape index (κ3) is 12.2. The minimum Gasteiger partial charge on any atom is -0.381 e. The van der Waals surface area contributed by atoms with Crippen LogP contribution in [0.3, 0.4) is 0 Å². The molecule has 0 bridgehead atoms. The van der Waals surface area contributed by atoms with Crippen LogP contribution >= 0.6 is 11.8 Å². The van der Waals surface area contributed by atoms with Crippen molar-refractivity contribution in [2.75, 3.05) is 45.4 Å². The van der Waals surface area contributed by atoms with E-state index >= 15 is 0 Å². The van der Waals surface area contributed by atoms with Crippen molar-refractivity contribution in [3.63, 3.8) is 0 Å². The lowest BCUT2D eigenvalue weighted by atomic mass is 10.3. The molecule has 15 heavy (non-hydrogen) atoms. The average molecular weight is 233 g/mol. The van der Waals surface area contributed by atoms with Crippen molar-refractivity contribution in [2.45, 2.75) is 32.6 Å². The Balaban J connectivity index is 3.02. The molecule has 0 N–H and O–H groups in total. The molecule has 92 valence electrons. The van der Waals surface area contributed by atoms with Crippen molar-refractivity contribution in [3.05, 3.63) is 0 Å². The monoisotopic (exact) mass is 233 g/mol. The second-order valence-electron chi connectivity index (χ2n) is 3.97. The Morgan fingerprint density at radius 3 is 2.47 bits per heavy atom. The highest BCUT2D eigenvalue weighted by Crippen LogP contribution is 1.97. The molecule has 0 heterocycles. The van der Waals surface area contributed by atoms with Gasteiger partial charge in [0.15, 0.2) is 0 Å². The van der Waals surface area contributed by atoms with Crippen molar-refractivity contribution in [1.29, 1.82) is 0 Å². The summed E-state index contributed by atoms with van der Waals surface area (Å²) in [7, 11) is 2.19. The van der Waals surface area contributed by atoms with Crippen LogP contribution in [0.25, 0.3) is 0 Å². The quantitative estimate of drug-likeness (QED) is 0.509. The summed E-state index contributed by atoms with van der Waals surface area (Å²) < 4.78 is 5.56. The zero-order valence-electron chi connectivity index (χ0n) is 10.6. The van der Waals surface area contributed by atoms with Crippen LogP contribution in [0.1, 0.15) is 32.6 Å². The molecule has 0 spiro atoms. The lowest BCUT2D eigenvalue weighted by Gasteiger charge is -2.15. The van der Waals surface area contributed by atoms with Gasteiger partial charge in [-0.3, -0.25) is 0 Å². The van der Waals surface area contributed by atoms with Gasteiger partial charge in [0.05, 0.1) is 0 Å². The predicted molar refractivity (Wildman–Crippen MR) is 70.8 cm³/mol. The van der Waals surface area contributed by atoms with Gasteiger partial charge in [0.25, 0.3) is 0 Å². The fourth-order valence-corrected chi connectivity index (χ4v) is 1.85. The fraction of sp³-hybridized carbons (Fsp3) is 1.00. The summed E-state index contributed by atoms with van der Waals surface area (Å²) in [5.41, 5.74) is 0. The Kier molecular flexibility index (Phi) is 12.6. The van der Waals surface area contributed by atoms with Gasteiger partial charge in [-0.05, 0) is 26.1 Å². The van der Waals surface area contributed by atoms with Crippen LogP contribution in [0, 0.1) is 0 Å². The number of ether oxygens (including phenoxy) is 1. The van der Waals surface area contributed by atoms with Gasteiger partial charge < -0.3 is 9.64 Å². The zero-order chi connectivity index (χ0) is 11.4. The number of nitrogens with zero attached hydrogens (tertiary/aromatic N) is 1. The molecule has 0 saturated heterocycles. The highest BCUT2D eigenvalue weighted by Gasteiger charge is 1.97. The van der Waals surface area contributed by atoms with Gasteiger partial charge in [-0.25, -0.2) is 0 Å². The highest BCUT2D eigenvalue weighted by atomic mass is 32.2. The summed E-state index contributed by atoms with van der Waals surface area (Å²) >= 11 is 1.91. The van der Waals surface area contributed by atoms with Crippen LogP contribution in [0.15, 0.2) is 0 Å². The topological polar surface area (TPSA) is 12.5 Å². The third-order valence-electron chi connectivity index (χ3n) is 2.40. The van der Waals surface area contributed by atoms with E-state index in [-0.39, 0.29) is 0 Å². The summed E-state index contributed by atoms with van der Waals surface area (Å²) in [6, 6.07) is 0. The first kappa shape index (κ1) is 15.3. The van der Waals surface area contributed by atoms with Crippen LogP contribution in [0.4, 0.5) is 0 Å². The molecular weight excluding hydrogens is 206 g/mol. The first-order valence-corrected chi connectivity index (χ1v) is 7.45. The maximum Gasteiger partial charge on any atom is 0.0478 e. The number of rotatable bonds is 11. The van der Waals surface area contributed by atoms with E-state index in [1.165, 1.54) is 31.6 Å². The Morgan fingerprint density at radius 2 is 1.80 bits per heavy atom. The number of hydrogen-bond acceptors (Lipinski definition) is 3. The normalized spacial score (nSPS) is 11.2. The van der Waals surface area contributed by atoms with Gasteiger partial charge in [-0.15, -0.1) is 0 Å². The van der Waals surface area contributed by atoms with E-state index < -0.39 is 0 Å². The van der Waals surface area contributed by atoms with E-state index in [4.69, 9.17) is 4.74 Å². The molecule has 0 aliphatic carbocycles. The SMILES string of the molecule is CCCCCOCCCN(C)CCSC. The summed E-state index contributed by atoms with van der Waals surface area (Å²) in [4.78, 5) is 2.38. The molecule has 0 atom stereocenters. The molecule has 3 heteroatoms. The number of hydrogen-bond donors (Lipinski definition) is 0. The smallest absolute Gasteiger partial charge is 0.0478 e. The van der Waals surface area contributed by atoms with Gasteiger partial charge in [0, 0.05) is 32.1 Å².